The summed E-state index contributed by atoms with van der Waals surface area (Å²) in [5, 5.41) is 0.315. The molecule has 0 saturated heterocycles. The van der Waals surface area contributed by atoms with Gasteiger partial charge in [0.05, 0.1) is 19.3 Å². The first-order valence-electron chi connectivity index (χ1n) is 10.1. The smallest absolute Gasteiger partial charge is 0.330 e. The van der Waals surface area contributed by atoms with E-state index in [1.54, 1.807) is 0 Å². The average Bonchev–Trinajstić information content (AvgIpc) is 2.50. The summed E-state index contributed by atoms with van der Waals surface area (Å²) in [7, 11) is -2.37. The lowest BCUT2D eigenvalue weighted by atomic mass is 10.1. The predicted molar refractivity (Wildman–Crippen MR) is 133 cm³/mol. The first-order chi connectivity index (χ1) is 12.5. The highest BCUT2D eigenvalue weighted by Crippen LogP contribution is 2.40. The largest absolute Gasteiger partial charge is 0.466 e. The molecule has 0 aliphatic rings. The van der Waals surface area contributed by atoms with E-state index in [1.165, 1.54) is 13.2 Å². The van der Waals surface area contributed by atoms with Crippen LogP contribution in [0.25, 0.3) is 0 Å². The van der Waals surface area contributed by atoms with Gasteiger partial charge in [-0.2, -0.15) is 0 Å². The Morgan fingerprint density at radius 1 is 0.929 bits per heavy atom. The van der Waals surface area contributed by atoms with Crippen LogP contribution in [-0.4, -0.2) is 46.3 Å². The van der Waals surface area contributed by atoms with Crippen molar-refractivity contribution < 1.29 is 18.4 Å². The van der Waals surface area contributed by atoms with Crippen LogP contribution >= 0.6 is 22.6 Å². The molecule has 28 heavy (non-hydrogen) atoms. The summed E-state index contributed by atoms with van der Waals surface area (Å²) in [5.74, 6) is -0.325. The van der Waals surface area contributed by atoms with Crippen LogP contribution in [0.1, 0.15) is 54.4 Å². The minimum Gasteiger partial charge on any atom is -0.466 e. The molecule has 0 aromatic carbocycles. The predicted octanol–water partition coefficient (Wildman–Crippen LogP) is 6.71. The molecule has 0 bridgehead atoms. The third kappa shape index (κ3) is 9.40. The van der Waals surface area contributed by atoms with E-state index in [2.05, 4.69) is 90.3 Å². The zero-order valence-electron chi connectivity index (χ0n) is 19.9. The Labute approximate surface area is 189 Å². The average molecular weight is 543 g/mol. The lowest BCUT2D eigenvalue weighted by Gasteiger charge is -2.42. The van der Waals surface area contributed by atoms with Crippen molar-refractivity contribution in [2.45, 2.75) is 103 Å². The van der Waals surface area contributed by atoms with E-state index < -0.39 is 16.6 Å². The second-order valence-electron chi connectivity index (χ2n) is 10.6. The molecule has 4 nitrogen and oxygen atoms in total. The molecule has 0 unspecified atom stereocenters. The number of hydrogen-bond acceptors (Lipinski definition) is 4. The van der Waals surface area contributed by atoms with E-state index in [-0.39, 0.29) is 28.3 Å². The van der Waals surface area contributed by atoms with Gasteiger partial charge in [-0.3, -0.25) is 0 Å². The minimum atomic E-state index is -1.93. The molecule has 166 valence electrons. The first-order valence-corrected chi connectivity index (χ1v) is 17.5. The molecule has 0 heterocycles. The molecule has 0 N–H and O–H groups in total. The van der Waals surface area contributed by atoms with Gasteiger partial charge in [-0.1, -0.05) is 70.2 Å². The maximum atomic E-state index is 11.5. The Morgan fingerprint density at radius 3 is 1.71 bits per heavy atom. The maximum Gasteiger partial charge on any atom is 0.330 e. The van der Waals surface area contributed by atoms with Crippen LogP contribution in [-0.2, 0) is 18.4 Å². The second-order valence-corrected chi connectivity index (χ2v) is 20.9. The third-order valence-corrected chi connectivity index (χ3v) is 16.1. The number of halogens is 1. The van der Waals surface area contributed by atoms with Gasteiger partial charge in [0.25, 0.3) is 0 Å². The van der Waals surface area contributed by atoms with Gasteiger partial charge >= 0.3 is 5.97 Å². The van der Waals surface area contributed by atoms with Crippen LogP contribution in [0.5, 0.6) is 0 Å². The Morgan fingerprint density at radius 2 is 1.36 bits per heavy atom. The van der Waals surface area contributed by atoms with E-state index in [0.29, 0.717) is 6.42 Å². The zero-order chi connectivity index (χ0) is 22.4. The molecule has 0 aromatic rings. The monoisotopic (exact) mass is 542 g/mol. The van der Waals surface area contributed by atoms with E-state index >= 15 is 0 Å². The van der Waals surface area contributed by atoms with Crippen molar-refractivity contribution in [3.63, 3.8) is 0 Å². The van der Waals surface area contributed by atoms with Crippen molar-refractivity contribution in [2.24, 2.45) is 0 Å². The number of hydrogen-bond donors (Lipinski definition) is 0. The molecule has 0 spiro atoms. The van der Waals surface area contributed by atoms with Gasteiger partial charge in [0.1, 0.15) is 0 Å². The Balaban J connectivity index is 5.42. The number of carbonyl (C=O) groups is 1. The number of rotatable bonds is 10. The van der Waals surface area contributed by atoms with Crippen LogP contribution in [0.4, 0.5) is 0 Å². The highest BCUT2D eigenvalue weighted by molar-refractivity contribution is 14.1. The van der Waals surface area contributed by atoms with Gasteiger partial charge in [-0.15, -0.1) is 0 Å². The number of ether oxygens (including phenoxy) is 1. The van der Waals surface area contributed by atoms with Crippen LogP contribution in [0.3, 0.4) is 0 Å². The topological polar surface area (TPSA) is 44.8 Å². The van der Waals surface area contributed by atoms with Gasteiger partial charge in [0, 0.05) is 10.5 Å². The standard InChI is InChI=1S/C21H43IO4Si2/c1-20(2,3)27(8,9)25-17(13-12-14-19(23)24-7)15-18(16-22)26-28(10,11)21(4,5)6/h12,14,17-18H,13,15-16H2,1-11H3/b14-12+/t17-,18+/m1/s1. The van der Waals surface area contributed by atoms with E-state index in [1.807, 2.05) is 6.08 Å². The van der Waals surface area contributed by atoms with E-state index in [9.17, 15) is 4.79 Å². The van der Waals surface area contributed by atoms with Crippen LogP contribution in [0.2, 0.25) is 36.3 Å². The number of alkyl halides is 1. The number of methoxy groups -OCH3 is 1. The van der Waals surface area contributed by atoms with Crippen molar-refractivity contribution in [1.29, 1.82) is 0 Å². The molecular weight excluding hydrogens is 499 g/mol. The summed E-state index contributed by atoms with van der Waals surface area (Å²) in [6, 6.07) is 0. The number of esters is 1. The van der Waals surface area contributed by atoms with Crippen LogP contribution in [0.15, 0.2) is 12.2 Å². The Hall–Kier alpha value is 0.294. The summed E-state index contributed by atoms with van der Waals surface area (Å²) < 4.78 is 19.0. The fraction of sp³-hybridized carbons (Fsp3) is 0.857. The molecule has 7 heteroatoms. The van der Waals surface area contributed by atoms with Crippen molar-refractivity contribution in [3.8, 4) is 0 Å². The zero-order valence-corrected chi connectivity index (χ0v) is 24.1. The molecule has 2 atom stereocenters. The van der Waals surface area contributed by atoms with Crippen LogP contribution in [0, 0.1) is 0 Å². The van der Waals surface area contributed by atoms with Crippen molar-refractivity contribution in [3.05, 3.63) is 12.2 Å². The number of carbonyl (C=O) groups excluding carboxylic acids is 1. The lowest BCUT2D eigenvalue weighted by molar-refractivity contribution is -0.134. The van der Waals surface area contributed by atoms with Gasteiger partial charge in [0.15, 0.2) is 16.6 Å². The molecule has 0 fully saturated rings. The van der Waals surface area contributed by atoms with Gasteiger partial charge in [-0.05, 0) is 49.1 Å². The van der Waals surface area contributed by atoms with Gasteiger partial charge in [0.2, 0.25) is 0 Å². The van der Waals surface area contributed by atoms with E-state index in [0.717, 1.165) is 10.8 Å². The summed E-state index contributed by atoms with van der Waals surface area (Å²) in [6.07, 6.45) is 5.09. The third-order valence-electron chi connectivity index (χ3n) is 6.09. The summed E-state index contributed by atoms with van der Waals surface area (Å²) in [5.41, 5.74) is 0. The molecule has 0 rings (SSSR count). The quantitative estimate of drug-likeness (QED) is 0.101. The van der Waals surface area contributed by atoms with Crippen molar-refractivity contribution in [1.82, 2.24) is 0 Å². The summed E-state index contributed by atoms with van der Waals surface area (Å²) >= 11 is 2.42. The molecule has 0 radical (unpaired) electrons. The Kier molecular flexibility index (Phi) is 11.2. The van der Waals surface area contributed by atoms with Gasteiger partial charge in [-0.25, -0.2) is 4.79 Å². The normalized spacial score (nSPS) is 16.3. The van der Waals surface area contributed by atoms with Crippen molar-refractivity contribution in [2.75, 3.05) is 11.5 Å². The summed E-state index contributed by atoms with van der Waals surface area (Å²) in [6.45, 7) is 22.7. The van der Waals surface area contributed by atoms with Crippen molar-refractivity contribution >= 4 is 45.2 Å². The summed E-state index contributed by atoms with van der Waals surface area (Å²) in [4.78, 5) is 11.5. The first kappa shape index (κ1) is 28.3. The minimum absolute atomic E-state index is 0.0336. The van der Waals surface area contributed by atoms with Gasteiger partial charge < -0.3 is 13.6 Å². The lowest BCUT2D eigenvalue weighted by Crippen LogP contribution is -2.47. The molecule has 0 aliphatic heterocycles. The maximum absolute atomic E-state index is 11.5. The van der Waals surface area contributed by atoms with E-state index in [4.69, 9.17) is 13.6 Å². The SMILES string of the molecule is COC(=O)/C=C/C[C@H](C[C@@H](CI)O[Si](C)(C)C(C)(C)C)O[Si](C)(C)C(C)(C)C. The van der Waals surface area contributed by atoms with Crippen LogP contribution < -0.4 is 0 Å². The fourth-order valence-electron chi connectivity index (χ4n) is 2.20. The fourth-order valence-corrected chi connectivity index (χ4v) is 5.82. The Bertz CT molecular complexity index is 519. The molecule has 0 amide bonds. The molecule has 0 saturated carbocycles. The highest BCUT2D eigenvalue weighted by atomic mass is 127. The second kappa shape index (κ2) is 11.1. The molecule has 0 aromatic heterocycles. The molecular formula is C21H43IO4Si2. The molecule has 0 aliphatic carbocycles. The highest BCUT2D eigenvalue weighted by Gasteiger charge is 2.41.